The molecule has 6 nitrogen and oxygen atoms in total. The fourth-order valence-electron chi connectivity index (χ4n) is 2.66. The van der Waals surface area contributed by atoms with Crippen molar-refractivity contribution in [1.82, 2.24) is 0 Å². The van der Waals surface area contributed by atoms with E-state index in [-0.39, 0.29) is 11.8 Å². The maximum Gasteiger partial charge on any atom is 0.255 e. The van der Waals surface area contributed by atoms with Crippen LogP contribution in [0.4, 0.5) is 17.1 Å². The number of nitrogens with zero attached hydrogens (tertiary/aromatic N) is 2. The fourth-order valence-corrected chi connectivity index (χ4v) is 2.83. The molecule has 1 aliphatic heterocycles. The SMILES string of the molecule is CC(=O)Nc1ccc(Cl)cc1NC(=O)c1ccc(N2CCC(C)=N2)cc1. The number of hydrogen-bond donors (Lipinski definition) is 2. The van der Waals surface area contributed by atoms with E-state index in [4.69, 9.17) is 11.6 Å². The van der Waals surface area contributed by atoms with Gasteiger partial charge in [0.2, 0.25) is 5.91 Å². The first kappa shape index (κ1) is 17.9. The first-order valence-electron chi connectivity index (χ1n) is 8.22. The minimum Gasteiger partial charge on any atom is -0.325 e. The summed E-state index contributed by atoms with van der Waals surface area (Å²) in [6, 6.07) is 12.1. The first-order valence-corrected chi connectivity index (χ1v) is 8.60. The van der Waals surface area contributed by atoms with Crippen molar-refractivity contribution in [2.45, 2.75) is 20.3 Å². The molecule has 0 spiro atoms. The van der Waals surface area contributed by atoms with Gasteiger partial charge in [-0.05, 0) is 49.4 Å². The lowest BCUT2D eigenvalue weighted by Crippen LogP contribution is -2.16. The zero-order chi connectivity index (χ0) is 18.7. The van der Waals surface area contributed by atoms with E-state index in [1.54, 1.807) is 30.3 Å². The molecule has 0 aromatic heterocycles. The molecule has 0 fully saturated rings. The molecule has 0 bridgehead atoms. The van der Waals surface area contributed by atoms with Crippen molar-refractivity contribution in [2.75, 3.05) is 22.2 Å². The molecular formula is C19H19ClN4O2. The van der Waals surface area contributed by atoms with Crippen LogP contribution in [0.2, 0.25) is 5.02 Å². The maximum absolute atomic E-state index is 12.5. The summed E-state index contributed by atoms with van der Waals surface area (Å²) >= 11 is 6.01. The monoisotopic (exact) mass is 370 g/mol. The van der Waals surface area contributed by atoms with Gasteiger partial charge in [-0.1, -0.05) is 11.6 Å². The van der Waals surface area contributed by atoms with Gasteiger partial charge >= 0.3 is 0 Å². The summed E-state index contributed by atoms with van der Waals surface area (Å²) in [5.74, 6) is -0.514. The molecule has 2 aromatic carbocycles. The number of rotatable bonds is 4. The zero-order valence-corrected chi connectivity index (χ0v) is 15.3. The summed E-state index contributed by atoms with van der Waals surface area (Å²) in [7, 11) is 0. The Morgan fingerprint density at radius 1 is 1.08 bits per heavy atom. The molecule has 0 saturated carbocycles. The van der Waals surface area contributed by atoms with E-state index in [1.165, 1.54) is 6.92 Å². The first-order chi connectivity index (χ1) is 12.4. The van der Waals surface area contributed by atoms with Crippen LogP contribution >= 0.6 is 11.6 Å². The largest absolute Gasteiger partial charge is 0.325 e. The van der Waals surface area contributed by atoms with Crippen molar-refractivity contribution < 1.29 is 9.59 Å². The van der Waals surface area contributed by atoms with E-state index in [2.05, 4.69) is 15.7 Å². The summed E-state index contributed by atoms with van der Waals surface area (Å²) in [6.45, 7) is 4.25. The average molecular weight is 371 g/mol. The maximum atomic E-state index is 12.5. The molecule has 2 N–H and O–H groups in total. The summed E-state index contributed by atoms with van der Waals surface area (Å²) in [4.78, 5) is 23.9. The van der Waals surface area contributed by atoms with Gasteiger partial charge in [0.05, 0.1) is 17.1 Å². The van der Waals surface area contributed by atoms with E-state index in [9.17, 15) is 9.59 Å². The number of anilines is 3. The highest BCUT2D eigenvalue weighted by molar-refractivity contribution is 6.31. The smallest absolute Gasteiger partial charge is 0.255 e. The second kappa shape index (κ2) is 7.58. The normalized spacial score (nSPS) is 13.3. The molecule has 134 valence electrons. The minimum atomic E-state index is -0.286. The lowest BCUT2D eigenvalue weighted by atomic mass is 10.1. The molecule has 0 saturated heterocycles. The number of halogens is 1. The highest BCUT2D eigenvalue weighted by atomic mass is 35.5. The van der Waals surface area contributed by atoms with Gasteiger partial charge in [0.1, 0.15) is 0 Å². The van der Waals surface area contributed by atoms with Crippen molar-refractivity contribution in [2.24, 2.45) is 5.10 Å². The second-order valence-electron chi connectivity index (χ2n) is 6.08. The van der Waals surface area contributed by atoms with Crippen molar-refractivity contribution in [3.8, 4) is 0 Å². The highest BCUT2D eigenvalue weighted by Gasteiger charge is 2.14. The quantitative estimate of drug-likeness (QED) is 0.849. The summed E-state index contributed by atoms with van der Waals surface area (Å²) in [5.41, 5.74) is 3.48. The Bertz CT molecular complexity index is 878. The van der Waals surface area contributed by atoms with E-state index >= 15 is 0 Å². The van der Waals surface area contributed by atoms with Gasteiger partial charge in [0.25, 0.3) is 5.91 Å². The van der Waals surface area contributed by atoms with Crippen molar-refractivity contribution in [1.29, 1.82) is 0 Å². The van der Waals surface area contributed by atoms with Gasteiger partial charge in [-0.25, -0.2) is 0 Å². The molecule has 26 heavy (non-hydrogen) atoms. The number of hydrogen-bond acceptors (Lipinski definition) is 4. The number of benzene rings is 2. The topological polar surface area (TPSA) is 73.8 Å². The number of hydrazone groups is 1. The molecule has 3 rings (SSSR count). The van der Waals surface area contributed by atoms with Gasteiger partial charge < -0.3 is 10.6 Å². The standard InChI is InChI=1S/C19H19ClN4O2/c1-12-9-10-24(23-12)16-6-3-14(4-7-16)19(26)22-18-11-15(20)5-8-17(18)21-13(2)25/h3-8,11H,9-10H2,1-2H3,(H,21,25)(H,22,26). The highest BCUT2D eigenvalue weighted by Crippen LogP contribution is 2.27. The predicted molar refractivity (Wildman–Crippen MR) is 105 cm³/mol. The van der Waals surface area contributed by atoms with Crippen LogP contribution in [0.5, 0.6) is 0 Å². The van der Waals surface area contributed by atoms with Crippen LogP contribution in [0, 0.1) is 0 Å². The molecular weight excluding hydrogens is 352 g/mol. The molecule has 2 amide bonds. The van der Waals surface area contributed by atoms with Crippen molar-refractivity contribution >= 4 is 46.2 Å². The van der Waals surface area contributed by atoms with Gasteiger partial charge in [-0.15, -0.1) is 0 Å². The van der Waals surface area contributed by atoms with Gasteiger partial charge in [-0.3, -0.25) is 14.6 Å². The Kier molecular flexibility index (Phi) is 5.23. The Hall–Kier alpha value is -2.86. The number of carbonyl (C=O) groups excluding carboxylic acids is 2. The Morgan fingerprint density at radius 2 is 1.81 bits per heavy atom. The van der Waals surface area contributed by atoms with E-state index in [0.717, 1.165) is 24.4 Å². The molecule has 1 aliphatic rings. The lowest BCUT2D eigenvalue weighted by molar-refractivity contribution is -0.114. The molecule has 0 unspecified atom stereocenters. The predicted octanol–water partition coefficient (Wildman–Crippen LogP) is 4.14. The molecule has 0 radical (unpaired) electrons. The summed E-state index contributed by atoms with van der Waals surface area (Å²) < 4.78 is 0. The van der Waals surface area contributed by atoms with Gasteiger partial charge in [0, 0.05) is 36.2 Å². The fraction of sp³-hybridized carbons (Fsp3) is 0.211. The zero-order valence-electron chi connectivity index (χ0n) is 14.5. The third-order valence-corrected chi connectivity index (χ3v) is 4.18. The molecule has 2 aromatic rings. The summed E-state index contributed by atoms with van der Waals surface area (Å²) in [5, 5.41) is 12.3. The Labute approximate surface area is 156 Å². The van der Waals surface area contributed by atoms with Gasteiger partial charge in [0.15, 0.2) is 0 Å². The van der Waals surface area contributed by atoms with Crippen molar-refractivity contribution in [3.05, 3.63) is 53.1 Å². The second-order valence-corrected chi connectivity index (χ2v) is 6.52. The molecule has 0 aliphatic carbocycles. The van der Waals surface area contributed by atoms with Crippen LogP contribution in [0.3, 0.4) is 0 Å². The van der Waals surface area contributed by atoms with E-state index < -0.39 is 0 Å². The number of carbonyl (C=O) groups is 2. The minimum absolute atomic E-state index is 0.228. The van der Waals surface area contributed by atoms with Crippen LogP contribution in [-0.4, -0.2) is 24.1 Å². The molecule has 1 heterocycles. The van der Waals surface area contributed by atoms with Crippen LogP contribution < -0.4 is 15.6 Å². The van der Waals surface area contributed by atoms with Crippen LogP contribution in [0.1, 0.15) is 30.6 Å². The van der Waals surface area contributed by atoms with Crippen LogP contribution in [0.15, 0.2) is 47.6 Å². The van der Waals surface area contributed by atoms with Crippen LogP contribution in [-0.2, 0) is 4.79 Å². The molecule has 7 heteroatoms. The van der Waals surface area contributed by atoms with Crippen LogP contribution in [0.25, 0.3) is 0 Å². The van der Waals surface area contributed by atoms with Gasteiger partial charge in [-0.2, -0.15) is 5.10 Å². The third kappa shape index (κ3) is 4.21. The Balaban J connectivity index is 1.76. The van der Waals surface area contributed by atoms with Crippen molar-refractivity contribution in [3.63, 3.8) is 0 Å². The van der Waals surface area contributed by atoms with E-state index in [0.29, 0.717) is 22.0 Å². The molecule has 0 atom stereocenters. The Morgan fingerprint density at radius 3 is 2.42 bits per heavy atom. The lowest BCUT2D eigenvalue weighted by Gasteiger charge is -2.15. The average Bonchev–Trinajstić information content (AvgIpc) is 3.03. The third-order valence-electron chi connectivity index (χ3n) is 3.94. The van der Waals surface area contributed by atoms with E-state index in [1.807, 2.05) is 24.1 Å². The number of nitrogens with one attached hydrogen (secondary N) is 2. The summed E-state index contributed by atoms with van der Waals surface area (Å²) in [6.07, 6.45) is 0.947. The number of amides is 2.